The predicted molar refractivity (Wildman–Crippen MR) is 110 cm³/mol. The average Bonchev–Trinajstić information content (AvgIpc) is 3.14. The van der Waals surface area contributed by atoms with Crippen molar-refractivity contribution in [2.75, 3.05) is 11.9 Å². The van der Waals surface area contributed by atoms with Crippen LogP contribution in [-0.2, 0) is 25.9 Å². The molecule has 1 aliphatic rings. The summed E-state index contributed by atoms with van der Waals surface area (Å²) >= 11 is 6.15. The zero-order valence-electron chi connectivity index (χ0n) is 18.0. The monoisotopic (exact) mass is 520 g/mol. The Labute approximate surface area is 199 Å². The van der Waals surface area contributed by atoms with E-state index in [1.165, 1.54) is 12.3 Å². The number of nitrogens with one attached hydrogen (secondary N) is 1. The van der Waals surface area contributed by atoms with Crippen molar-refractivity contribution in [3.63, 3.8) is 0 Å². The van der Waals surface area contributed by atoms with Gasteiger partial charge in [-0.2, -0.15) is 13.2 Å². The maximum Gasteiger partial charge on any atom is 0.495 e. The fourth-order valence-electron chi connectivity index (χ4n) is 3.06. The van der Waals surface area contributed by atoms with Crippen molar-refractivity contribution < 1.29 is 46.8 Å². The largest absolute Gasteiger partial charge is 0.495 e. The number of benzene rings is 1. The number of aliphatic hydroxyl groups excluding tert-OH is 1. The van der Waals surface area contributed by atoms with E-state index in [0.717, 1.165) is 17.9 Å². The third-order valence-corrected chi connectivity index (χ3v) is 5.20. The normalized spacial score (nSPS) is 14.9. The zero-order chi connectivity index (χ0) is 26.1. The molecular weight excluding hydrogens is 504 g/mol. The summed E-state index contributed by atoms with van der Waals surface area (Å²) in [6, 6.07) is 0.442. The highest BCUT2D eigenvalue weighted by Gasteiger charge is 2.44. The molecule has 1 aromatic heterocycles. The highest BCUT2D eigenvalue weighted by atomic mass is 35.5. The van der Waals surface area contributed by atoms with Gasteiger partial charge in [0.25, 0.3) is 5.91 Å². The van der Waals surface area contributed by atoms with E-state index in [2.05, 4.69) is 25.1 Å². The van der Waals surface area contributed by atoms with Crippen molar-refractivity contribution in [2.45, 2.75) is 38.7 Å². The van der Waals surface area contributed by atoms with E-state index >= 15 is 0 Å². The Bertz CT molecular complexity index is 1180. The molecule has 1 aliphatic heterocycles. The summed E-state index contributed by atoms with van der Waals surface area (Å²) in [5, 5.41) is 12.0. The maximum atomic E-state index is 14.9. The van der Waals surface area contributed by atoms with Crippen molar-refractivity contribution >= 4 is 35.4 Å². The lowest BCUT2D eigenvalue weighted by Crippen LogP contribution is -2.41. The first kappa shape index (κ1) is 26.1. The molecule has 0 radical (unpaired) electrons. The van der Waals surface area contributed by atoms with Crippen molar-refractivity contribution in [3.05, 3.63) is 40.3 Å². The number of fused-ring (bicyclic) bond motifs is 1. The van der Waals surface area contributed by atoms with E-state index in [9.17, 15) is 37.1 Å². The second-order valence-electron chi connectivity index (χ2n) is 7.48. The van der Waals surface area contributed by atoms with Gasteiger partial charge in [0.1, 0.15) is 11.9 Å². The summed E-state index contributed by atoms with van der Waals surface area (Å²) in [5.74, 6) is -5.80. The second-order valence-corrected chi connectivity index (χ2v) is 7.89. The molecule has 1 aromatic carbocycles. The van der Waals surface area contributed by atoms with Crippen LogP contribution >= 0.6 is 11.6 Å². The van der Waals surface area contributed by atoms with Gasteiger partial charge in [-0.25, -0.2) is 33.7 Å². The number of aliphatic hydroxyl groups is 1. The molecule has 0 bridgehead atoms. The SMILES string of the molecule is C[C@H](C(=O)OOC(=O)C(F)(F)F)N1Cc2c(F)cc(-c3nc(N[C@@H](C)CO)ncc3Cl)cc2C1=O. The first-order valence-corrected chi connectivity index (χ1v) is 10.2. The number of hydrogen-bond donors (Lipinski definition) is 2. The molecule has 188 valence electrons. The molecule has 0 aliphatic carbocycles. The van der Waals surface area contributed by atoms with Gasteiger partial charge in [-0.1, -0.05) is 11.6 Å². The Balaban J connectivity index is 1.83. The Hall–Kier alpha value is -3.52. The van der Waals surface area contributed by atoms with Gasteiger partial charge in [-0.15, -0.1) is 0 Å². The molecule has 1 amide bonds. The number of carbonyl (C=O) groups is 3. The zero-order valence-corrected chi connectivity index (χ0v) is 18.8. The minimum atomic E-state index is -5.39. The number of anilines is 1. The summed E-state index contributed by atoms with van der Waals surface area (Å²) in [7, 11) is 0. The maximum absolute atomic E-state index is 14.9. The van der Waals surface area contributed by atoms with Crippen LogP contribution in [0.4, 0.5) is 23.5 Å². The molecule has 35 heavy (non-hydrogen) atoms. The fourth-order valence-corrected chi connectivity index (χ4v) is 3.26. The summed E-state index contributed by atoms with van der Waals surface area (Å²) in [6.45, 7) is 2.15. The van der Waals surface area contributed by atoms with Gasteiger partial charge in [0.05, 0.1) is 30.1 Å². The number of rotatable bonds is 6. The van der Waals surface area contributed by atoms with E-state index in [4.69, 9.17) is 11.6 Å². The van der Waals surface area contributed by atoms with Crippen LogP contribution in [0.15, 0.2) is 18.3 Å². The Morgan fingerprint density at radius 2 is 1.97 bits per heavy atom. The van der Waals surface area contributed by atoms with Gasteiger partial charge >= 0.3 is 18.1 Å². The molecule has 15 heteroatoms. The topological polar surface area (TPSA) is 131 Å². The van der Waals surface area contributed by atoms with Gasteiger partial charge < -0.3 is 15.3 Å². The first-order chi connectivity index (χ1) is 16.3. The molecule has 2 atom stereocenters. The number of aromatic nitrogens is 2. The molecule has 0 unspecified atom stereocenters. The molecule has 2 N–H and O–H groups in total. The molecular formula is C20H17ClF4N4O6. The second kappa shape index (κ2) is 10.00. The van der Waals surface area contributed by atoms with Crippen LogP contribution in [0.2, 0.25) is 5.02 Å². The van der Waals surface area contributed by atoms with Crippen molar-refractivity contribution in [2.24, 2.45) is 0 Å². The summed E-state index contributed by atoms with van der Waals surface area (Å²) in [6.07, 6.45) is -4.15. The summed E-state index contributed by atoms with van der Waals surface area (Å²) < 4.78 is 51.5. The Morgan fingerprint density at radius 1 is 1.29 bits per heavy atom. The summed E-state index contributed by atoms with van der Waals surface area (Å²) in [4.78, 5) is 51.9. The molecule has 2 heterocycles. The standard InChI is InChI=1S/C20H17ClF4N4O6/c1-8(7-30)27-19-26-5-13(21)15(28-19)10-3-11-12(14(22)4-10)6-29(16(11)31)9(2)17(32)34-35-18(33)20(23,24)25/h3-5,8-9,30H,6-7H2,1-2H3,(H,26,27,28)/t8-,9+/m0/s1. The summed E-state index contributed by atoms with van der Waals surface area (Å²) in [5.41, 5.74) is -0.0327. The quantitative estimate of drug-likeness (QED) is 0.335. The fraction of sp³-hybridized carbons (Fsp3) is 0.350. The van der Waals surface area contributed by atoms with Gasteiger partial charge in [0, 0.05) is 22.7 Å². The lowest BCUT2D eigenvalue weighted by molar-refractivity contribution is -0.287. The van der Waals surface area contributed by atoms with Crippen molar-refractivity contribution in [1.82, 2.24) is 14.9 Å². The third kappa shape index (κ3) is 5.59. The smallest absolute Gasteiger partial charge is 0.394 e. The number of halogens is 5. The van der Waals surface area contributed by atoms with Crippen LogP contribution in [0.25, 0.3) is 11.3 Å². The molecule has 0 saturated carbocycles. The Kier molecular flexibility index (Phi) is 7.45. The Morgan fingerprint density at radius 3 is 2.60 bits per heavy atom. The first-order valence-electron chi connectivity index (χ1n) is 9.86. The van der Waals surface area contributed by atoms with Crippen LogP contribution < -0.4 is 5.32 Å². The molecule has 0 fully saturated rings. The molecule has 3 rings (SSSR count). The minimum absolute atomic E-state index is 0.0391. The number of alkyl halides is 3. The van der Waals surface area contributed by atoms with Gasteiger partial charge in [-0.05, 0) is 26.0 Å². The van der Waals surface area contributed by atoms with Gasteiger partial charge in [0.15, 0.2) is 0 Å². The van der Waals surface area contributed by atoms with Crippen LogP contribution in [0.5, 0.6) is 0 Å². The van der Waals surface area contributed by atoms with E-state index in [0.29, 0.717) is 0 Å². The van der Waals surface area contributed by atoms with Crippen LogP contribution in [0, 0.1) is 5.82 Å². The van der Waals surface area contributed by atoms with E-state index in [1.54, 1.807) is 6.92 Å². The van der Waals surface area contributed by atoms with E-state index in [1.807, 2.05) is 0 Å². The average molecular weight is 521 g/mol. The van der Waals surface area contributed by atoms with Gasteiger partial charge in [0.2, 0.25) is 5.95 Å². The van der Waals surface area contributed by atoms with Crippen molar-refractivity contribution in [3.8, 4) is 11.3 Å². The van der Waals surface area contributed by atoms with E-state index in [-0.39, 0.29) is 40.0 Å². The molecule has 0 spiro atoms. The highest BCUT2D eigenvalue weighted by molar-refractivity contribution is 6.33. The highest BCUT2D eigenvalue weighted by Crippen LogP contribution is 2.34. The van der Waals surface area contributed by atoms with Crippen molar-refractivity contribution in [1.29, 1.82) is 0 Å². The molecule has 0 saturated heterocycles. The number of amides is 1. The molecule has 10 nitrogen and oxygen atoms in total. The van der Waals surface area contributed by atoms with Crippen LogP contribution in [0.1, 0.15) is 29.8 Å². The third-order valence-electron chi connectivity index (χ3n) is 4.92. The lowest BCUT2D eigenvalue weighted by atomic mass is 10.0. The minimum Gasteiger partial charge on any atom is -0.394 e. The van der Waals surface area contributed by atoms with Crippen LogP contribution in [0.3, 0.4) is 0 Å². The van der Waals surface area contributed by atoms with E-state index < -0.39 is 48.5 Å². The lowest BCUT2D eigenvalue weighted by Gasteiger charge is -2.21. The molecule has 2 aromatic rings. The number of carbonyl (C=O) groups excluding carboxylic acids is 3. The number of nitrogens with zero attached hydrogens (tertiary/aromatic N) is 3. The number of hydrogen-bond acceptors (Lipinski definition) is 9. The predicted octanol–water partition coefficient (Wildman–Crippen LogP) is 2.64. The van der Waals surface area contributed by atoms with Gasteiger partial charge in [-0.3, -0.25) is 4.79 Å². The van der Waals surface area contributed by atoms with Crippen LogP contribution in [-0.4, -0.2) is 62.7 Å².